The van der Waals surface area contributed by atoms with Gasteiger partial charge in [-0.2, -0.15) is 0 Å². The van der Waals surface area contributed by atoms with Gasteiger partial charge in [-0.05, 0) is 55.4 Å². The van der Waals surface area contributed by atoms with E-state index in [0.29, 0.717) is 0 Å². The molecule has 0 aromatic heterocycles. The van der Waals surface area contributed by atoms with Gasteiger partial charge in [-0.3, -0.25) is 16.8 Å². The molecule has 0 atom stereocenters. The Kier molecular flexibility index (Phi) is 21.1. The molecule has 0 rings (SSSR count). The van der Waals surface area contributed by atoms with Crippen molar-refractivity contribution in [3.63, 3.8) is 0 Å². The molecular weight excluding hydrogens is 489 g/mol. The monoisotopic (exact) mass is 540 g/mol. The van der Waals surface area contributed by atoms with Crippen LogP contribution in [0.1, 0.15) is 55.4 Å². The molecule has 32 heavy (non-hydrogen) atoms. The fourth-order valence-electron chi connectivity index (χ4n) is 2.03. The lowest BCUT2D eigenvalue weighted by atomic mass is 10.4. The van der Waals surface area contributed by atoms with Crippen molar-refractivity contribution in [1.29, 1.82) is 0 Å². The quantitative estimate of drug-likeness (QED) is 0.522. The fraction of sp³-hybridized carbons (Fsp3) is 1.00. The van der Waals surface area contributed by atoms with Crippen molar-refractivity contribution in [2.75, 3.05) is 50.0 Å². The van der Waals surface area contributed by atoms with E-state index in [1.807, 2.05) is 55.4 Å². The number of rotatable bonds is 4. The predicted molar refractivity (Wildman–Crippen MR) is 150 cm³/mol. The van der Waals surface area contributed by atoms with E-state index in [2.05, 4.69) is 17.5 Å². The highest BCUT2D eigenvalue weighted by molar-refractivity contribution is 7.92. The molecular formula is C20H52N4O4S4. The number of nitrogens with zero attached hydrogens (tertiary/aromatic N) is 4. The maximum absolute atomic E-state index is 10.8. The van der Waals surface area contributed by atoms with Crippen molar-refractivity contribution >= 4 is 38.9 Å². The summed E-state index contributed by atoms with van der Waals surface area (Å²) in [6.07, 6.45) is 13.2. The van der Waals surface area contributed by atoms with Gasteiger partial charge < -0.3 is 0 Å². The largest absolute Gasteiger partial charge is 0.250 e. The minimum absolute atomic E-state index is 0.192. The van der Waals surface area contributed by atoms with E-state index < -0.39 is 38.9 Å². The summed E-state index contributed by atoms with van der Waals surface area (Å²) < 4.78 is 59.1. The van der Waals surface area contributed by atoms with Gasteiger partial charge in [0.15, 0.2) is 0 Å². The summed E-state index contributed by atoms with van der Waals surface area (Å²) >= 11 is 0. The molecule has 0 unspecified atom stereocenters. The molecule has 0 saturated heterocycles. The molecule has 0 fully saturated rings. The molecule has 0 aromatic rings. The molecule has 0 aromatic carbocycles. The summed E-state index contributed by atoms with van der Waals surface area (Å²) in [5.74, 6) is 0. The molecule has 0 spiro atoms. The highest BCUT2D eigenvalue weighted by atomic mass is 32.2. The molecule has 0 bridgehead atoms. The Morgan fingerprint density at radius 1 is 0.344 bits per heavy atom. The van der Waals surface area contributed by atoms with Gasteiger partial charge in [-0.1, -0.05) is 0 Å². The highest BCUT2D eigenvalue weighted by Gasteiger charge is 1.92. The van der Waals surface area contributed by atoms with Crippen LogP contribution in [0.2, 0.25) is 0 Å². The van der Waals surface area contributed by atoms with Gasteiger partial charge in [0, 0.05) is 89.0 Å². The third-order valence-electron chi connectivity index (χ3n) is 1.86. The minimum atomic E-state index is -1.85. The topological polar surface area (TPSA) is 118 Å². The van der Waals surface area contributed by atoms with Gasteiger partial charge in [0.2, 0.25) is 0 Å². The summed E-state index contributed by atoms with van der Waals surface area (Å²) in [7, 11) is -7.39. The van der Waals surface area contributed by atoms with Gasteiger partial charge >= 0.3 is 0 Å². The van der Waals surface area contributed by atoms with E-state index in [0.717, 1.165) is 0 Å². The standard InChI is InChI=1S/4C5H13NOS/c4*1-5(2)6-8(3,4)7/h4*5H,1-4H3. The molecule has 0 aliphatic heterocycles. The smallest absolute Gasteiger partial charge is 0.0537 e. The van der Waals surface area contributed by atoms with Crippen LogP contribution in [0.15, 0.2) is 17.5 Å². The van der Waals surface area contributed by atoms with E-state index in [4.69, 9.17) is 0 Å². The summed E-state index contributed by atoms with van der Waals surface area (Å²) in [4.78, 5) is 0. The van der Waals surface area contributed by atoms with Crippen molar-refractivity contribution in [2.24, 2.45) is 17.5 Å². The zero-order valence-corrected chi connectivity index (χ0v) is 26.6. The van der Waals surface area contributed by atoms with Crippen LogP contribution < -0.4 is 0 Å². The van der Waals surface area contributed by atoms with Gasteiger partial charge in [0.25, 0.3) is 0 Å². The Bertz CT molecular complexity index is 789. The summed E-state index contributed by atoms with van der Waals surface area (Å²) in [6.45, 7) is 15.4. The van der Waals surface area contributed by atoms with E-state index >= 15 is 0 Å². The van der Waals surface area contributed by atoms with Crippen molar-refractivity contribution < 1.29 is 16.8 Å². The molecule has 0 amide bonds. The fourth-order valence-corrected chi connectivity index (χ4v) is 6.09. The summed E-state index contributed by atoms with van der Waals surface area (Å²) in [6, 6.07) is 0.769. The molecule has 0 aliphatic rings. The maximum Gasteiger partial charge on any atom is 0.0537 e. The highest BCUT2D eigenvalue weighted by Crippen LogP contribution is 1.93. The lowest BCUT2D eigenvalue weighted by Crippen LogP contribution is -1.97. The molecule has 0 aliphatic carbocycles. The summed E-state index contributed by atoms with van der Waals surface area (Å²) in [5.41, 5.74) is 0. The lowest BCUT2D eigenvalue weighted by molar-refractivity contribution is 0.677. The van der Waals surface area contributed by atoms with Crippen LogP contribution >= 0.6 is 0 Å². The Labute approximate surface area is 202 Å². The molecule has 8 nitrogen and oxygen atoms in total. The van der Waals surface area contributed by atoms with Crippen LogP contribution in [-0.4, -0.2) is 91.0 Å². The van der Waals surface area contributed by atoms with Crippen molar-refractivity contribution in [3.8, 4) is 0 Å². The minimum Gasteiger partial charge on any atom is -0.250 e. The second-order valence-electron chi connectivity index (χ2n) is 9.52. The lowest BCUT2D eigenvalue weighted by Gasteiger charge is -1.96. The van der Waals surface area contributed by atoms with Gasteiger partial charge in [-0.15, -0.1) is 0 Å². The van der Waals surface area contributed by atoms with Crippen LogP contribution in [-0.2, 0) is 38.9 Å². The Morgan fingerprint density at radius 3 is 0.438 bits per heavy atom. The third-order valence-corrected chi connectivity index (χ3v) is 5.58. The van der Waals surface area contributed by atoms with Crippen LogP contribution in [0.3, 0.4) is 0 Å². The normalized spacial score (nSPS) is 12.1. The second kappa shape index (κ2) is 17.3. The maximum atomic E-state index is 10.8. The van der Waals surface area contributed by atoms with Gasteiger partial charge in [0.1, 0.15) is 0 Å². The van der Waals surface area contributed by atoms with Crippen LogP contribution in [0.25, 0.3) is 0 Å². The first-order chi connectivity index (χ1) is 13.7. The molecule has 0 heterocycles. The van der Waals surface area contributed by atoms with Crippen LogP contribution in [0, 0.1) is 0 Å². The molecule has 12 heteroatoms. The Morgan fingerprint density at radius 2 is 0.438 bits per heavy atom. The molecule has 200 valence electrons. The average molecular weight is 541 g/mol. The van der Waals surface area contributed by atoms with Crippen LogP contribution in [0.4, 0.5) is 0 Å². The molecule has 0 saturated carbocycles. The summed E-state index contributed by atoms with van der Waals surface area (Å²) in [5, 5.41) is 0. The average Bonchev–Trinajstić information content (AvgIpc) is 2.26. The van der Waals surface area contributed by atoms with Crippen molar-refractivity contribution in [3.05, 3.63) is 0 Å². The predicted octanol–water partition coefficient (Wildman–Crippen LogP) is 4.49. The zero-order valence-electron chi connectivity index (χ0n) is 23.4. The number of hydrogen-bond acceptors (Lipinski definition) is 8. The van der Waals surface area contributed by atoms with Crippen molar-refractivity contribution in [1.82, 2.24) is 0 Å². The van der Waals surface area contributed by atoms with E-state index in [1.165, 1.54) is 0 Å². The van der Waals surface area contributed by atoms with Crippen LogP contribution in [0.5, 0.6) is 0 Å². The first-order valence-electron chi connectivity index (χ1n) is 10.3. The van der Waals surface area contributed by atoms with Gasteiger partial charge in [-0.25, -0.2) is 17.5 Å². The number of hydrogen-bond donors (Lipinski definition) is 0. The third kappa shape index (κ3) is 63.0. The second-order valence-corrected chi connectivity index (χ2v) is 19.8. The van der Waals surface area contributed by atoms with E-state index in [9.17, 15) is 16.8 Å². The Hall–Kier alpha value is -0.200. The Balaban J connectivity index is -0.000000163. The van der Waals surface area contributed by atoms with E-state index in [1.54, 1.807) is 50.0 Å². The first kappa shape index (κ1) is 39.0. The first-order valence-corrected chi connectivity index (χ1v) is 19.6. The molecule has 0 radical (unpaired) electrons. The zero-order chi connectivity index (χ0) is 27.1. The van der Waals surface area contributed by atoms with Gasteiger partial charge in [0.05, 0.1) is 24.2 Å². The van der Waals surface area contributed by atoms with Crippen molar-refractivity contribution in [2.45, 2.75) is 79.6 Å². The molecule has 0 N–H and O–H groups in total. The van der Waals surface area contributed by atoms with E-state index in [-0.39, 0.29) is 24.2 Å². The SMILES string of the molecule is CC(C)N=S(C)(C)=O.CC(C)N=S(C)(C)=O.CC(C)N=S(C)(C)=O.CC(C)N=S(C)(C)=O.